The summed E-state index contributed by atoms with van der Waals surface area (Å²) in [5.41, 5.74) is 1.17. The molecule has 5 nitrogen and oxygen atoms in total. The molecule has 0 radical (unpaired) electrons. The van der Waals surface area contributed by atoms with E-state index in [1.54, 1.807) is 43.3 Å². The van der Waals surface area contributed by atoms with Gasteiger partial charge >= 0.3 is 6.18 Å². The maximum Gasteiger partial charge on any atom is 0.416 e. The zero-order valence-corrected chi connectivity index (χ0v) is 15.8. The summed E-state index contributed by atoms with van der Waals surface area (Å²) >= 11 is 0. The van der Waals surface area contributed by atoms with Crippen LogP contribution in [-0.2, 0) is 11.0 Å². The number of alkyl halides is 3. The molecule has 0 atom stereocenters. The highest BCUT2D eigenvalue weighted by atomic mass is 19.4. The highest BCUT2D eigenvalue weighted by Gasteiger charge is 2.30. The van der Waals surface area contributed by atoms with Gasteiger partial charge in [-0.15, -0.1) is 11.5 Å². The molecule has 0 bridgehead atoms. The van der Waals surface area contributed by atoms with E-state index in [0.29, 0.717) is 28.1 Å². The SMILES string of the molecule is C#CCO/N=C/c1cccc(Oc2nnc(C)cc2-c2cccc(C(F)(F)F)c2)c1. The molecule has 1 aromatic heterocycles. The fourth-order valence-electron chi connectivity index (χ4n) is 2.57. The number of halogens is 3. The molecule has 0 aliphatic heterocycles. The fourth-order valence-corrected chi connectivity index (χ4v) is 2.57. The minimum atomic E-state index is -4.46. The number of rotatable bonds is 6. The lowest BCUT2D eigenvalue weighted by Gasteiger charge is -2.12. The van der Waals surface area contributed by atoms with E-state index in [1.807, 2.05) is 0 Å². The molecule has 0 saturated heterocycles. The van der Waals surface area contributed by atoms with Gasteiger partial charge in [-0.1, -0.05) is 35.3 Å². The van der Waals surface area contributed by atoms with Crippen LogP contribution in [0.4, 0.5) is 13.2 Å². The number of aryl methyl sites for hydroxylation is 1. The summed E-state index contributed by atoms with van der Waals surface area (Å²) in [5, 5.41) is 11.7. The van der Waals surface area contributed by atoms with E-state index in [1.165, 1.54) is 12.3 Å². The lowest BCUT2D eigenvalue weighted by atomic mass is 10.0. The molecule has 0 N–H and O–H groups in total. The molecule has 30 heavy (non-hydrogen) atoms. The summed E-state index contributed by atoms with van der Waals surface area (Å²) in [4.78, 5) is 4.85. The molecule has 0 saturated carbocycles. The highest BCUT2D eigenvalue weighted by Crippen LogP contribution is 2.36. The Labute approximate surface area is 171 Å². The van der Waals surface area contributed by atoms with Crippen molar-refractivity contribution >= 4 is 6.21 Å². The Morgan fingerprint density at radius 3 is 2.67 bits per heavy atom. The first kappa shape index (κ1) is 20.9. The van der Waals surface area contributed by atoms with Gasteiger partial charge in [0.05, 0.1) is 17.5 Å². The van der Waals surface area contributed by atoms with Crippen molar-refractivity contribution in [2.24, 2.45) is 5.16 Å². The average molecular weight is 411 g/mol. The van der Waals surface area contributed by atoms with Gasteiger partial charge in [-0.25, -0.2) is 0 Å². The molecule has 2 aromatic carbocycles. The molecule has 0 amide bonds. The van der Waals surface area contributed by atoms with Crippen LogP contribution >= 0.6 is 0 Å². The Morgan fingerprint density at radius 1 is 1.10 bits per heavy atom. The van der Waals surface area contributed by atoms with Crippen molar-refractivity contribution in [3.8, 4) is 35.1 Å². The molecule has 0 aliphatic rings. The fraction of sp³-hybridized carbons (Fsp3) is 0.136. The first-order chi connectivity index (χ1) is 14.4. The van der Waals surface area contributed by atoms with Gasteiger partial charge in [-0.3, -0.25) is 0 Å². The van der Waals surface area contributed by atoms with Crippen LogP contribution in [0.3, 0.4) is 0 Å². The maximum absolute atomic E-state index is 13.1. The van der Waals surface area contributed by atoms with Gasteiger partial charge in [0.15, 0.2) is 6.61 Å². The van der Waals surface area contributed by atoms with Crippen molar-refractivity contribution in [2.45, 2.75) is 13.1 Å². The van der Waals surface area contributed by atoms with E-state index in [0.717, 1.165) is 12.1 Å². The number of benzene rings is 2. The molecule has 152 valence electrons. The molecule has 0 spiro atoms. The number of hydrogen-bond acceptors (Lipinski definition) is 5. The van der Waals surface area contributed by atoms with Crippen LogP contribution < -0.4 is 4.74 Å². The van der Waals surface area contributed by atoms with E-state index in [2.05, 4.69) is 21.3 Å². The van der Waals surface area contributed by atoms with Gasteiger partial charge in [0.2, 0.25) is 5.88 Å². The predicted octanol–water partition coefficient (Wildman–Crippen LogP) is 5.25. The smallest absolute Gasteiger partial charge is 0.416 e. The summed E-state index contributed by atoms with van der Waals surface area (Å²) in [6.07, 6.45) is 2.08. The van der Waals surface area contributed by atoms with Crippen molar-refractivity contribution in [1.82, 2.24) is 10.2 Å². The normalized spacial score (nSPS) is 11.3. The summed E-state index contributed by atoms with van der Waals surface area (Å²) in [7, 11) is 0. The first-order valence-electron chi connectivity index (χ1n) is 8.75. The number of oxime groups is 1. The van der Waals surface area contributed by atoms with E-state index in [9.17, 15) is 13.2 Å². The molecule has 0 unspecified atom stereocenters. The topological polar surface area (TPSA) is 56.6 Å². The van der Waals surface area contributed by atoms with Crippen LogP contribution in [0, 0.1) is 19.3 Å². The standard InChI is InChI=1S/C22H16F3N3O2/c1-3-10-29-26-14-16-6-4-9-19(12-16)30-21-20(11-15(2)27-28-21)17-7-5-8-18(13-17)22(23,24)25/h1,4-9,11-14H,10H2,2H3/b26-14+. The number of terminal acetylenes is 1. The first-order valence-corrected chi connectivity index (χ1v) is 8.75. The third-order valence-electron chi connectivity index (χ3n) is 3.88. The van der Waals surface area contributed by atoms with Crippen LogP contribution in [0.15, 0.2) is 59.8 Å². The van der Waals surface area contributed by atoms with Crippen LogP contribution in [0.1, 0.15) is 16.8 Å². The largest absolute Gasteiger partial charge is 0.437 e. The van der Waals surface area contributed by atoms with E-state index >= 15 is 0 Å². The zero-order valence-electron chi connectivity index (χ0n) is 15.8. The van der Waals surface area contributed by atoms with Gasteiger partial charge in [-0.05, 0) is 48.4 Å². The second kappa shape index (κ2) is 9.09. The second-order valence-corrected chi connectivity index (χ2v) is 6.17. The monoisotopic (exact) mass is 411 g/mol. The Hall–Kier alpha value is -3.86. The van der Waals surface area contributed by atoms with Crippen molar-refractivity contribution in [3.63, 3.8) is 0 Å². The van der Waals surface area contributed by atoms with Gasteiger partial charge in [0.25, 0.3) is 0 Å². The minimum Gasteiger partial charge on any atom is -0.437 e. The van der Waals surface area contributed by atoms with Gasteiger partial charge in [-0.2, -0.15) is 18.3 Å². The molecular weight excluding hydrogens is 395 g/mol. The molecule has 3 rings (SSSR count). The highest BCUT2D eigenvalue weighted by molar-refractivity contribution is 5.79. The molecule has 0 aliphatic carbocycles. The van der Waals surface area contributed by atoms with Crippen LogP contribution in [0.25, 0.3) is 11.1 Å². The lowest BCUT2D eigenvalue weighted by molar-refractivity contribution is -0.137. The Kier molecular flexibility index (Phi) is 6.32. The number of ether oxygens (including phenoxy) is 1. The van der Waals surface area contributed by atoms with Gasteiger partial charge in [0.1, 0.15) is 5.75 Å². The number of aromatic nitrogens is 2. The number of nitrogens with zero attached hydrogens (tertiary/aromatic N) is 3. The summed E-state index contributed by atoms with van der Waals surface area (Å²) in [6, 6.07) is 13.4. The minimum absolute atomic E-state index is 0.0476. The van der Waals surface area contributed by atoms with Gasteiger partial charge in [0, 0.05) is 5.56 Å². The Morgan fingerprint density at radius 2 is 1.90 bits per heavy atom. The van der Waals surface area contributed by atoms with Crippen LogP contribution in [0.2, 0.25) is 0 Å². The molecule has 1 heterocycles. The quantitative estimate of drug-likeness (QED) is 0.241. The van der Waals surface area contributed by atoms with Crippen LogP contribution in [-0.4, -0.2) is 23.0 Å². The summed E-state index contributed by atoms with van der Waals surface area (Å²) in [5.74, 6) is 2.78. The predicted molar refractivity (Wildman–Crippen MR) is 106 cm³/mol. The molecule has 3 aromatic rings. The van der Waals surface area contributed by atoms with Crippen molar-refractivity contribution in [3.05, 3.63) is 71.4 Å². The maximum atomic E-state index is 13.1. The Balaban J connectivity index is 1.92. The van der Waals surface area contributed by atoms with E-state index in [4.69, 9.17) is 16.0 Å². The summed E-state index contributed by atoms with van der Waals surface area (Å²) < 4.78 is 45.2. The average Bonchev–Trinajstić information content (AvgIpc) is 2.72. The third kappa shape index (κ3) is 5.35. The zero-order chi connectivity index (χ0) is 21.6. The second-order valence-electron chi connectivity index (χ2n) is 6.17. The third-order valence-corrected chi connectivity index (χ3v) is 3.88. The van der Waals surface area contributed by atoms with Crippen molar-refractivity contribution in [1.29, 1.82) is 0 Å². The van der Waals surface area contributed by atoms with Crippen LogP contribution in [0.5, 0.6) is 11.6 Å². The molecule has 8 heteroatoms. The molecular formula is C22H16F3N3O2. The summed E-state index contributed by atoms with van der Waals surface area (Å²) in [6.45, 7) is 1.74. The van der Waals surface area contributed by atoms with Crippen molar-refractivity contribution < 1.29 is 22.7 Å². The van der Waals surface area contributed by atoms with E-state index in [-0.39, 0.29) is 12.5 Å². The Bertz CT molecular complexity index is 1110. The molecule has 0 fully saturated rings. The van der Waals surface area contributed by atoms with Crippen molar-refractivity contribution in [2.75, 3.05) is 6.61 Å². The lowest BCUT2D eigenvalue weighted by Crippen LogP contribution is -2.05. The van der Waals surface area contributed by atoms with Gasteiger partial charge < -0.3 is 9.57 Å². The number of hydrogen-bond donors (Lipinski definition) is 0. The van der Waals surface area contributed by atoms with E-state index < -0.39 is 11.7 Å².